The minimum absolute atomic E-state index is 0.00798. The van der Waals surface area contributed by atoms with Crippen LogP contribution in [0.2, 0.25) is 0 Å². The maximum absolute atomic E-state index is 12.3. The van der Waals surface area contributed by atoms with E-state index in [1.807, 2.05) is 19.1 Å². The summed E-state index contributed by atoms with van der Waals surface area (Å²) in [4.78, 5) is 4.40. The van der Waals surface area contributed by atoms with Crippen molar-refractivity contribution in [3.63, 3.8) is 0 Å². The fourth-order valence-corrected chi connectivity index (χ4v) is 3.04. The Balaban J connectivity index is 2.67. The van der Waals surface area contributed by atoms with Crippen LogP contribution >= 0.6 is 0 Å². The molecule has 3 N–H and O–H groups in total. The minimum atomic E-state index is -3.31. The number of rotatable bonds is 6. The molecular weight excluding hydrogens is 298 g/mol. The topological polar surface area (TPSA) is 84.5 Å². The second-order valence-corrected chi connectivity index (χ2v) is 8.40. The Morgan fingerprint density at radius 2 is 1.82 bits per heavy atom. The molecule has 1 aromatic rings. The van der Waals surface area contributed by atoms with Gasteiger partial charge in [-0.1, -0.05) is 39.8 Å². The van der Waals surface area contributed by atoms with Gasteiger partial charge in [-0.25, -0.2) is 8.42 Å². The molecule has 0 saturated carbocycles. The Labute approximate surface area is 133 Å². The van der Waals surface area contributed by atoms with E-state index in [0.29, 0.717) is 17.4 Å². The molecule has 5 nitrogen and oxygen atoms in total. The van der Waals surface area contributed by atoms with Crippen molar-refractivity contribution >= 4 is 15.8 Å². The summed E-state index contributed by atoms with van der Waals surface area (Å²) in [6.07, 6.45) is 0.904. The van der Waals surface area contributed by atoms with Crippen molar-refractivity contribution in [2.24, 2.45) is 10.7 Å². The van der Waals surface area contributed by atoms with E-state index in [1.54, 1.807) is 12.1 Å². The number of aliphatic imine (C=N–C) groups is 1. The summed E-state index contributed by atoms with van der Waals surface area (Å²) >= 11 is 0. The number of guanidine groups is 1. The van der Waals surface area contributed by atoms with Crippen LogP contribution in [0.25, 0.3) is 0 Å². The number of nitrogens with zero attached hydrogens (tertiary/aromatic N) is 1. The van der Waals surface area contributed by atoms with E-state index in [1.165, 1.54) is 0 Å². The van der Waals surface area contributed by atoms with Crippen LogP contribution in [0.1, 0.15) is 39.7 Å². The second-order valence-electron chi connectivity index (χ2n) is 6.29. The number of hydrogen-bond acceptors (Lipinski definition) is 3. The van der Waals surface area contributed by atoms with Crippen LogP contribution in [0.4, 0.5) is 0 Å². The van der Waals surface area contributed by atoms with Crippen molar-refractivity contribution in [3.05, 3.63) is 29.8 Å². The molecule has 0 amide bonds. The number of nitrogens with two attached hydrogens (primary N) is 1. The Morgan fingerprint density at radius 3 is 2.32 bits per heavy atom. The molecule has 0 radical (unpaired) electrons. The van der Waals surface area contributed by atoms with Gasteiger partial charge in [-0.2, -0.15) is 0 Å². The van der Waals surface area contributed by atoms with Gasteiger partial charge in [-0.15, -0.1) is 0 Å². The molecule has 1 aromatic carbocycles. The molecule has 0 aromatic heterocycles. The largest absolute Gasteiger partial charge is 0.370 e. The molecular formula is C16H27N3O2S. The summed E-state index contributed by atoms with van der Waals surface area (Å²) in [7, 11) is -3.31. The van der Waals surface area contributed by atoms with Gasteiger partial charge in [-0.05, 0) is 29.5 Å². The average molecular weight is 325 g/mol. The smallest absolute Gasteiger partial charge is 0.188 e. The lowest BCUT2D eigenvalue weighted by Gasteiger charge is -2.19. The van der Waals surface area contributed by atoms with Gasteiger partial charge in [0.05, 0.1) is 10.6 Å². The Bertz CT molecular complexity index is 599. The highest BCUT2D eigenvalue weighted by Gasteiger charge is 2.17. The molecule has 0 saturated heterocycles. The molecule has 0 aliphatic rings. The number of nitrogens with one attached hydrogen (secondary N) is 1. The number of hydrogen-bond donors (Lipinski definition) is 2. The second kappa shape index (κ2) is 7.63. The molecule has 0 spiro atoms. The third-order valence-corrected chi connectivity index (χ3v) is 4.99. The van der Waals surface area contributed by atoms with Crippen molar-refractivity contribution < 1.29 is 8.42 Å². The standard InChI is InChI=1S/C16H27N3O2S/c1-5-10-18-15(17)19-11-12-22(20,21)14-8-6-13(7-9-14)16(2,3)4/h6-9H,5,10-12H2,1-4H3,(H3,17,18,19). The molecule has 0 aliphatic heterocycles. The van der Waals surface area contributed by atoms with E-state index in [-0.39, 0.29) is 17.7 Å². The Hall–Kier alpha value is -1.56. The number of sulfone groups is 1. The van der Waals surface area contributed by atoms with E-state index in [4.69, 9.17) is 5.73 Å². The minimum Gasteiger partial charge on any atom is -0.370 e. The normalized spacial score (nSPS) is 13.2. The van der Waals surface area contributed by atoms with Gasteiger partial charge in [0, 0.05) is 13.1 Å². The molecule has 0 fully saturated rings. The van der Waals surface area contributed by atoms with E-state index in [0.717, 1.165) is 12.0 Å². The molecule has 0 bridgehead atoms. The molecule has 0 aliphatic carbocycles. The van der Waals surface area contributed by atoms with Crippen LogP contribution in [0.3, 0.4) is 0 Å². The first-order valence-corrected chi connectivity index (χ1v) is 9.19. The van der Waals surface area contributed by atoms with Crippen LogP contribution in [0.15, 0.2) is 34.2 Å². The summed E-state index contributed by atoms with van der Waals surface area (Å²) < 4.78 is 24.5. The third kappa shape index (κ3) is 5.67. The SMILES string of the molecule is CCCN=C(N)NCCS(=O)(=O)c1ccc(C(C)(C)C)cc1. The average Bonchev–Trinajstić information content (AvgIpc) is 2.44. The van der Waals surface area contributed by atoms with Crippen LogP contribution in [-0.4, -0.2) is 33.2 Å². The van der Waals surface area contributed by atoms with E-state index < -0.39 is 9.84 Å². The van der Waals surface area contributed by atoms with Crippen LogP contribution in [0, 0.1) is 0 Å². The summed E-state index contributed by atoms with van der Waals surface area (Å²) in [5.74, 6) is 0.282. The van der Waals surface area contributed by atoms with Gasteiger partial charge in [0.2, 0.25) is 0 Å². The molecule has 124 valence electrons. The highest BCUT2D eigenvalue weighted by Crippen LogP contribution is 2.23. The Kier molecular flexibility index (Phi) is 6.41. The predicted octanol–water partition coefficient (Wildman–Crippen LogP) is 2.07. The fraction of sp³-hybridized carbons (Fsp3) is 0.562. The van der Waals surface area contributed by atoms with Crippen LogP contribution in [0.5, 0.6) is 0 Å². The molecule has 1 rings (SSSR count). The van der Waals surface area contributed by atoms with Crippen molar-refractivity contribution in [1.82, 2.24) is 5.32 Å². The molecule has 0 atom stereocenters. The van der Waals surface area contributed by atoms with Gasteiger partial charge in [0.25, 0.3) is 0 Å². The zero-order valence-electron chi connectivity index (χ0n) is 13.9. The van der Waals surface area contributed by atoms with E-state index in [9.17, 15) is 8.42 Å². The predicted molar refractivity (Wildman–Crippen MR) is 92.0 cm³/mol. The van der Waals surface area contributed by atoms with Gasteiger partial charge in [0.15, 0.2) is 15.8 Å². The maximum atomic E-state index is 12.3. The fourth-order valence-electron chi connectivity index (χ4n) is 1.88. The summed E-state index contributed by atoms with van der Waals surface area (Å²) in [5.41, 5.74) is 6.76. The molecule has 22 heavy (non-hydrogen) atoms. The van der Waals surface area contributed by atoms with E-state index in [2.05, 4.69) is 31.1 Å². The first-order valence-electron chi connectivity index (χ1n) is 7.54. The zero-order chi connectivity index (χ0) is 16.8. The first-order chi connectivity index (χ1) is 10.2. The lowest BCUT2D eigenvalue weighted by atomic mass is 9.87. The monoisotopic (exact) mass is 325 g/mol. The molecule has 0 unspecified atom stereocenters. The zero-order valence-corrected chi connectivity index (χ0v) is 14.7. The van der Waals surface area contributed by atoms with Crippen LogP contribution < -0.4 is 11.1 Å². The highest BCUT2D eigenvalue weighted by molar-refractivity contribution is 7.91. The van der Waals surface area contributed by atoms with Crippen molar-refractivity contribution in [2.75, 3.05) is 18.8 Å². The maximum Gasteiger partial charge on any atom is 0.188 e. The summed E-state index contributed by atoms with van der Waals surface area (Å²) in [5, 5.41) is 2.83. The Morgan fingerprint density at radius 1 is 1.23 bits per heavy atom. The third-order valence-electron chi connectivity index (χ3n) is 3.26. The van der Waals surface area contributed by atoms with Gasteiger partial charge in [0.1, 0.15) is 0 Å². The van der Waals surface area contributed by atoms with Gasteiger partial charge >= 0.3 is 0 Å². The lowest BCUT2D eigenvalue weighted by Crippen LogP contribution is -2.35. The van der Waals surface area contributed by atoms with Crippen LogP contribution in [-0.2, 0) is 15.3 Å². The first kappa shape index (κ1) is 18.5. The van der Waals surface area contributed by atoms with Crippen molar-refractivity contribution in [1.29, 1.82) is 0 Å². The summed E-state index contributed by atoms with van der Waals surface area (Å²) in [6.45, 7) is 9.18. The molecule has 6 heteroatoms. The molecule has 0 heterocycles. The van der Waals surface area contributed by atoms with E-state index >= 15 is 0 Å². The van der Waals surface area contributed by atoms with Crippen molar-refractivity contribution in [2.45, 2.75) is 44.4 Å². The number of benzene rings is 1. The quantitative estimate of drug-likeness (QED) is 0.619. The highest BCUT2D eigenvalue weighted by atomic mass is 32.2. The summed E-state index contributed by atoms with van der Waals surface area (Å²) in [6, 6.07) is 7.09. The van der Waals surface area contributed by atoms with Gasteiger partial charge in [-0.3, -0.25) is 4.99 Å². The van der Waals surface area contributed by atoms with Gasteiger partial charge < -0.3 is 11.1 Å². The lowest BCUT2D eigenvalue weighted by molar-refractivity contribution is 0.586. The van der Waals surface area contributed by atoms with Crippen molar-refractivity contribution in [3.8, 4) is 0 Å².